The molecule has 0 aliphatic rings. The van der Waals surface area contributed by atoms with E-state index >= 15 is 0 Å². The smallest absolute Gasteiger partial charge is 0.264 e. The first-order valence-corrected chi connectivity index (χ1v) is 6.72. The molecule has 0 atom stereocenters. The molecule has 0 unspecified atom stereocenters. The molecule has 0 fully saturated rings. The van der Waals surface area contributed by atoms with Crippen LogP contribution in [-0.4, -0.2) is 23.2 Å². The van der Waals surface area contributed by atoms with Crippen molar-refractivity contribution in [2.45, 2.75) is 11.8 Å². The number of nitrogens with one attached hydrogen (secondary N) is 1. The molecule has 2 aromatic rings. The Balaban J connectivity index is 2.43. The van der Waals surface area contributed by atoms with E-state index in [1.54, 1.807) is 0 Å². The van der Waals surface area contributed by atoms with Crippen molar-refractivity contribution in [3.05, 3.63) is 29.8 Å². The first-order valence-electron chi connectivity index (χ1n) is 5.23. The van der Waals surface area contributed by atoms with E-state index in [1.165, 1.54) is 31.0 Å². The lowest BCUT2D eigenvalue weighted by Crippen LogP contribution is -2.17. The van der Waals surface area contributed by atoms with Crippen LogP contribution in [0, 0.1) is 12.7 Å². The number of rotatable bonds is 3. The highest BCUT2D eigenvalue weighted by Gasteiger charge is 2.19. The molecule has 0 aliphatic carbocycles. The summed E-state index contributed by atoms with van der Waals surface area (Å²) >= 11 is 0. The number of nitrogens with two attached hydrogens (primary N) is 1. The van der Waals surface area contributed by atoms with Crippen LogP contribution in [-0.2, 0) is 17.1 Å². The Bertz CT molecular complexity index is 702. The van der Waals surface area contributed by atoms with Crippen molar-refractivity contribution in [2.24, 2.45) is 7.05 Å². The first-order chi connectivity index (χ1) is 8.81. The molecule has 1 aromatic carbocycles. The Morgan fingerprint density at radius 2 is 2.11 bits per heavy atom. The normalized spacial score (nSPS) is 11.5. The second-order valence-electron chi connectivity index (χ2n) is 3.93. The maximum atomic E-state index is 13.5. The van der Waals surface area contributed by atoms with Crippen LogP contribution < -0.4 is 10.5 Å². The number of nitrogen functional groups attached to an aromatic ring is 1. The molecule has 102 valence electrons. The summed E-state index contributed by atoms with van der Waals surface area (Å²) in [5.74, 6) is -0.655. The van der Waals surface area contributed by atoms with Crippen molar-refractivity contribution in [1.82, 2.24) is 14.8 Å². The van der Waals surface area contributed by atoms with E-state index in [2.05, 4.69) is 14.8 Å². The van der Waals surface area contributed by atoms with Crippen molar-refractivity contribution >= 4 is 21.7 Å². The van der Waals surface area contributed by atoms with Gasteiger partial charge < -0.3 is 5.73 Å². The number of halogens is 1. The second kappa shape index (κ2) is 4.50. The van der Waals surface area contributed by atoms with Crippen molar-refractivity contribution in [3.63, 3.8) is 0 Å². The first kappa shape index (κ1) is 13.3. The molecule has 0 aliphatic heterocycles. The highest BCUT2D eigenvalue weighted by atomic mass is 32.2. The van der Waals surface area contributed by atoms with Crippen molar-refractivity contribution in [1.29, 1.82) is 0 Å². The quantitative estimate of drug-likeness (QED) is 0.806. The van der Waals surface area contributed by atoms with Gasteiger partial charge in [-0.25, -0.2) is 22.2 Å². The maximum absolute atomic E-state index is 13.5. The van der Waals surface area contributed by atoms with Gasteiger partial charge >= 0.3 is 0 Å². The Morgan fingerprint density at radius 3 is 2.63 bits per heavy atom. The summed E-state index contributed by atoms with van der Waals surface area (Å²) in [6.45, 7) is 1.47. The van der Waals surface area contributed by atoms with Crippen LogP contribution in [0.4, 0.5) is 16.0 Å². The standard InChI is InChI=1S/C10H12FN5O2S/c1-6-8(11)3-7(4-9(6)12)19(17,18)15-10-13-5-14-16(10)2/h3-5H,12H2,1-2H3,(H,13,14,15). The average Bonchev–Trinajstić information content (AvgIpc) is 2.70. The van der Waals surface area contributed by atoms with Gasteiger partial charge in [-0.15, -0.1) is 0 Å². The van der Waals surface area contributed by atoms with Gasteiger partial charge in [0.15, 0.2) is 0 Å². The van der Waals surface area contributed by atoms with Crippen molar-refractivity contribution in [2.75, 3.05) is 10.5 Å². The monoisotopic (exact) mass is 285 g/mol. The zero-order chi connectivity index (χ0) is 14.2. The molecule has 1 aromatic heterocycles. The Kier molecular flexibility index (Phi) is 3.14. The summed E-state index contributed by atoms with van der Waals surface area (Å²) in [6.07, 6.45) is 1.20. The average molecular weight is 285 g/mol. The largest absolute Gasteiger partial charge is 0.398 e. The molecular weight excluding hydrogens is 273 g/mol. The molecule has 9 heteroatoms. The minimum absolute atomic E-state index is 0.0274. The summed E-state index contributed by atoms with van der Waals surface area (Å²) in [6, 6.07) is 2.10. The van der Waals surface area contributed by atoms with Crippen LogP contribution in [0.1, 0.15) is 5.56 Å². The van der Waals surface area contributed by atoms with Gasteiger partial charge in [-0.1, -0.05) is 0 Å². The minimum atomic E-state index is -3.96. The third-order valence-corrected chi connectivity index (χ3v) is 3.91. The molecule has 0 saturated heterocycles. The fourth-order valence-corrected chi connectivity index (χ4v) is 2.48. The number of anilines is 2. The topological polar surface area (TPSA) is 103 Å². The van der Waals surface area contributed by atoms with E-state index in [-0.39, 0.29) is 22.1 Å². The molecule has 0 saturated carbocycles. The molecular formula is C10H12FN5O2S. The molecule has 3 N–H and O–H groups in total. The summed E-state index contributed by atoms with van der Waals surface area (Å²) in [7, 11) is -2.44. The van der Waals surface area contributed by atoms with Gasteiger partial charge in [0.25, 0.3) is 10.0 Å². The number of aromatic nitrogens is 3. The number of hydrogen-bond donors (Lipinski definition) is 2. The second-order valence-corrected chi connectivity index (χ2v) is 5.61. The summed E-state index contributed by atoms with van der Waals surface area (Å²) in [4.78, 5) is 3.46. The third-order valence-electron chi connectivity index (χ3n) is 2.61. The maximum Gasteiger partial charge on any atom is 0.264 e. The molecule has 2 rings (SSSR count). The SMILES string of the molecule is Cc1c(N)cc(S(=O)(=O)Nc2ncnn2C)cc1F. The van der Waals surface area contributed by atoms with Gasteiger partial charge in [0.2, 0.25) is 5.95 Å². The zero-order valence-electron chi connectivity index (χ0n) is 10.3. The minimum Gasteiger partial charge on any atom is -0.398 e. The van der Waals surface area contributed by atoms with E-state index < -0.39 is 15.8 Å². The molecule has 1 heterocycles. The highest BCUT2D eigenvalue weighted by molar-refractivity contribution is 7.92. The van der Waals surface area contributed by atoms with Crippen LogP contribution in [0.25, 0.3) is 0 Å². The number of hydrogen-bond acceptors (Lipinski definition) is 5. The summed E-state index contributed by atoms with van der Waals surface area (Å²) in [5, 5.41) is 3.72. The Labute approximate surface area is 109 Å². The number of aryl methyl sites for hydroxylation is 1. The number of nitrogens with zero attached hydrogens (tertiary/aromatic N) is 3. The highest BCUT2D eigenvalue weighted by Crippen LogP contribution is 2.22. The van der Waals surface area contributed by atoms with E-state index in [9.17, 15) is 12.8 Å². The predicted octanol–water partition coefficient (Wildman–Crippen LogP) is 0.646. The molecule has 0 radical (unpaired) electrons. The van der Waals surface area contributed by atoms with Crippen LogP contribution in [0.15, 0.2) is 23.4 Å². The molecule has 7 nitrogen and oxygen atoms in total. The van der Waals surface area contributed by atoms with E-state index in [0.717, 1.165) is 6.07 Å². The van der Waals surface area contributed by atoms with Gasteiger partial charge in [-0.05, 0) is 19.1 Å². The molecule has 0 bridgehead atoms. The summed E-state index contributed by atoms with van der Waals surface area (Å²) < 4.78 is 41.1. The summed E-state index contributed by atoms with van der Waals surface area (Å²) in [5.41, 5.74) is 5.83. The van der Waals surface area contributed by atoms with Crippen LogP contribution in [0.3, 0.4) is 0 Å². The van der Waals surface area contributed by atoms with E-state index in [1.807, 2.05) is 0 Å². The molecule has 0 spiro atoms. The van der Waals surface area contributed by atoms with Gasteiger partial charge in [0.1, 0.15) is 12.1 Å². The lowest BCUT2D eigenvalue weighted by molar-refractivity contribution is 0.592. The Morgan fingerprint density at radius 1 is 1.42 bits per heavy atom. The van der Waals surface area contributed by atoms with Crippen molar-refractivity contribution in [3.8, 4) is 0 Å². The van der Waals surface area contributed by atoms with E-state index in [0.29, 0.717) is 0 Å². The zero-order valence-corrected chi connectivity index (χ0v) is 11.1. The lowest BCUT2D eigenvalue weighted by Gasteiger charge is -2.09. The van der Waals surface area contributed by atoms with Crippen LogP contribution in [0.5, 0.6) is 0 Å². The number of benzene rings is 1. The molecule has 19 heavy (non-hydrogen) atoms. The number of sulfonamides is 1. The fourth-order valence-electron chi connectivity index (χ4n) is 1.40. The predicted molar refractivity (Wildman–Crippen MR) is 67.4 cm³/mol. The van der Waals surface area contributed by atoms with E-state index in [4.69, 9.17) is 5.73 Å². The van der Waals surface area contributed by atoms with Gasteiger partial charge in [0.05, 0.1) is 4.90 Å². The molecule has 0 amide bonds. The Hall–Kier alpha value is -2.16. The van der Waals surface area contributed by atoms with Gasteiger partial charge in [-0.3, -0.25) is 0 Å². The van der Waals surface area contributed by atoms with Crippen molar-refractivity contribution < 1.29 is 12.8 Å². The van der Waals surface area contributed by atoms with Crippen LogP contribution >= 0.6 is 0 Å². The van der Waals surface area contributed by atoms with Crippen LogP contribution in [0.2, 0.25) is 0 Å². The van der Waals surface area contributed by atoms with Gasteiger partial charge in [-0.2, -0.15) is 10.1 Å². The lowest BCUT2D eigenvalue weighted by atomic mass is 10.2. The van der Waals surface area contributed by atoms with Gasteiger partial charge in [0, 0.05) is 18.3 Å². The fraction of sp³-hybridized carbons (Fsp3) is 0.200. The third kappa shape index (κ3) is 2.50.